The Morgan fingerprint density at radius 2 is 2.17 bits per heavy atom. The lowest BCUT2D eigenvalue weighted by Crippen LogP contribution is -2.33. The largest absolute Gasteiger partial charge is 0.476 e. The number of hydrogen-bond acceptors (Lipinski definition) is 5. The molecule has 100 valence electrons. The van der Waals surface area contributed by atoms with Crippen LogP contribution in [0.1, 0.15) is 39.2 Å². The summed E-state index contributed by atoms with van der Waals surface area (Å²) in [5.74, 6) is -1.41. The first-order chi connectivity index (χ1) is 8.60. The summed E-state index contributed by atoms with van der Waals surface area (Å²) in [6.45, 7) is 2.70. The van der Waals surface area contributed by atoms with Crippen molar-refractivity contribution in [2.75, 3.05) is 19.7 Å². The standard InChI is InChI=1S/C11H16N2O4S/c1-2-3-4-13(5-6-14)10(15)8-7-12-9(18-8)11(16)17/h7,14H,2-6H2,1H3,(H,16,17). The van der Waals surface area contributed by atoms with Gasteiger partial charge < -0.3 is 15.1 Å². The Bertz CT molecular complexity index is 419. The van der Waals surface area contributed by atoms with E-state index >= 15 is 0 Å². The summed E-state index contributed by atoms with van der Waals surface area (Å²) in [6, 6.07) is 0. The molecule has 0 atom stereocenters. The second-order valence-electron chi connectivity index (χ2n) is 3.70. The van der Waals surface area contributed by atoms with Gasteiger partial charge in [-0.3, -0.25) is 4.79 Å². The molecule has 0 aliphatic carbocycles. The third-order valence-electron chi connectivity index (χ3n) is 2.34. The van der Waals surface area contributed by atoms with Gasteiger partial charge in [-0.05, 0) is 6.42 Å². The molecule has 18 heavy (non-hydrogen) atoms. The molecule has 0 saturated carbocycles. The molecule has 0 unspecified atom stereocenters. The van der Waals surface area contributed by atoms with E-state index in [0.29, 0.717) is 6.54 Å². The molecule has 0 radical (unpaired) electrons. The summed E-state index contributed by atoms with van der Waals surface area (Å²) < 4.78 is 0. The predicted molar refractivity (Wildman–Crippen MR) is 67.0 cm³/mol. The topological polar surface area (TPSA) is 90.7 Å². The fraction of sp³-hybridized carbons (Fsp3) is 0.545. The molecule has 2 N–H and O–H groups in total. The number of aromatic nitrogens is 1. The number of carboxylic acid groups (broad SMARTS) is 1. The van der Waals surface area contributed by atoms with E-state index in [4.69, 9.17) is 10.2 Å². The minimum atomic E-state index is -1.14. The number of carbonyl (C=O) groups excluding carboxylic acids is 1. The molecule has 0 aliphatic rings. The average Bonchev–Trinajstić information content (AvgIpc) is 2.83. The van der Waals surface area contributed by atoms with Crippen LogP contribution in [-0.4, -0.2) is 51.7 Å². The number of thiazole rings is 1. The maximum absolute atomic E-state index is 12.1. The van der Waals surface area contributed by atoms with Crippen LogP contribution >= 0.6 is 11.3 Å². The maximum atomic E-state index is 12.1. The van der Waals surface area contributed by atoms with Crippen molar-refractivity contribution in [3.63, 3.8) is 0 Å². The summed E-state index contributed by atoms with van der Waals surface area (Å²) in [7, 11) is 0. The first-order valence-corrected chi connectivity index (χ1v) is 6.51. The normalized spacial score (nSPS) is 10.3. The third-order valence-corrected chi connectivity index (χ3v) is 3.31. The highest BCUT2D eigenvalue weighted by Gasteiger charge is 2.19. The van der Waals surface area contributed by atoms with Crippen LogP contribution in [0.3, 0.4) is 0 Å². The Labute approximate surface area is 109 Å². The third kappa shape index (κ3) is 3.78. The molecule has 0 spiro atoms. The van der Waals surface area contributed by atoms with E-state index < -0.39 is 5.97 Å². The molecule has 1 heterocycles. The Morgan fingerprint density at radius 3 is 2.67 bits per heavy atom. The van der Waals surface area contributed by atoms with Crippen molar-refractivity contribution >= 4 is 23.2 Å². The van der Waals surface area contributed by atoms with Gasteiger partial charge in [0.2, 0.25) is 5.01 Å². The van der Waals surface area contributed by atoms with Gasteiger partial charge in [0.1, 0.15) is 4.88 Å². The quantitative estimate of drug-likeness (QED) is 0.775. The summed E-state index contributed by atoms with van der Waals surface area (Å²) >= 11 is 0.853. The molecule has 7 heteroatoms. The van der Waals surface area contributed by atoms with E-state index in [2.05, 4.69) is 4.98 Å². The molecule has 0 fully saturated rings. The summed E-state index contributed by atoms with van der Waals surface area (Å²) in [4.78, 5) is 28.2. The van der Waals surface area contributed by atoms with Gasteiger partial charge in [-0.2, -0.15) is 0 Å². The fourth-order valence-corrected chi connectivity index (χ4v) is 2.14. The highest BCUT2D eigenvalue weighted by atomic mass is 32.1. The van der Waals surface area contributed by atoms with Gasteiger partial charge in [0.05, 0.1) is 12.8 Å². The highest BCUT2D eigenvalue weighted by molar-refractivity contribution is 7.15. The molecular formula is C11H16N2O4S. The van der Waals surface area contributed by atoms with Gasteiger partial charge in [-0.15, -0.1) is 11.3 Å². The molecular weight excluding hydrogens is 256 g/mol. The number of nitrogens with zero attached hydrogens (tertiary/aromatic N) is 2. The lowest BCUT2D eigenvalue weighted by atomic mass is 10.3. The summed E-state index contributed by atoms with van der Waals surface area (Å²) in [6.07, 6.45) is 3.06. The van der Waals surface area contributed by atoms with Crippen molar-refractivity contribution < 1.29 is 19.8 Å². The minimum Gasteiger partial charge on any atom is -0.476 e. The van der Waals surface area contributed by atoms with Crippen LogP contribution in [0.2, 0.25) is 0 Å². The number of amides is 1. The first-order valence-electron chi connectivity index (χ1n) is 5.69. The Hall–Kier alpha value is -1.47. The Balaban J connectivity index is 2.77. The van der Waals surface area contributed by atoms with E-state index in [-0.39, 0.29) is 28.9 Å². The SMILES string of the molecule is CCCCN(CCO)C(=O)c1cnc(C(=O)O)s1. The van der Waals surface area contributed by atoms with Gasteiger partial charge in [0.15, 0.2) is 0 Å². The van der Waals surface area contributed by atoms with E-state index in [9.17, 15) is 9.59 Å². The number of unbranched alkanes of at least 4 members (excludes halogenated alkanes) is 1. The number of carbonyl (C=O) groups is 2. The fourth-order valence-electron chi connectivity index (χ4n) is 1.41. The average molecular weight is 272 g/mol. The maximum Gasteiger partial charge on any atom is 0.365 e. The first kappa shape index (κ1) is 14.6. The molecule has 1 aromatic heterocycles. The molecule has 0 saturated heterocycles. The zero-order valence-electron chi connectivity index (χ0n) is 10.1. The number of aromatic carboxylic acids is 1. The second-order valence-corrected chi connectivity index (χ2v) is 4.73. The molecule has 1 aromatic rings. The van der Waals surface area contributed by atoms with Crippen molar-refractivity contribution in [3.8, 4) is 0 Å². The Morgan fingerprint density at radius 1 is 1.44 bits per heavy atom. The smallest absolute Gasteiger partial charge is 0.365 e. The zero-order valence-corrected chi connectivity index (χ0v) is 10.9. The monoisotopic (exact) mass is 272 g/mol. The number of carboxylic acids is 1. The zero-order chi connectivity index (χ0) is 13.5. The predicted octanol–water partition coefficient (Wildman–Crippen LogP) is 1.08. The van der Waals surface area contributed by atoms with E-state index in [1.165, 1.54) is 11.1 Å². The van der Waals surface area contributed by atoms with Gasteiger partial charge >= 0.3 is 5.97 Å². The lowest BCUT2D eigenvalue weighted by molar-refractivity contribution is 0.0694. The Kier molecular flexibility index (Phi) is 5.73. The number of rotatable bonds is 7. The molecule has 1 rings (SSSR count). The van der Waals surface area contributed by atoms with Crippen LogP contribution in [0, 0.1) is 0 Å². The van der Waals surface area contributed by atoms with Gasteiger partial charge in [0, 0.05) is 13.1 Å². The van der Waals surface area contributed by atoms with Crippen molar-refractivity contribution in [1.82, 2.24) is 9.88 Å². The van der Waals surface area contributed by atoms with Crippen LogP contribution in [0.5, 0.6) is 0 Å². The second kappa shape index (κ2) is 7.07. The van der Waals surface area contributed by atoms with Crippen LogP contribution in [0.15, 0.2) is 6.20 Å². The van der Waals surface area contributed by atoms with Crippen LogP contribution in [0.25, 0.3) is 0 Å². The van der Waals surface area contributed by atoms with Gasteiger partial charge in [-0.1, -0.05) is 13.3 Å². The van der Waals surface area contributed by atoms with Gasteiger partial charge in [0.25, 0.3) is 5.91 Å². The van der Waals surface area contributed by atoms with E-state index in [0.717, 1.165) is 24.2 Å². The molecule has 0 bridgehead atoms. The van der Waals surface area contributed by atoms with E-state index in [1.807, 2.05) is 6.92 Å². The summed E-state index contributed by atoms with van der Waals surface area (Å²) in [5, 5.41) is 17.6. The van der Waals surface area contributed by atoms with Gasteiger partial charge in [-0.25, -0.2) is 9.78 Å². The van der Waals surface area contributed by atoms with E-state index in [1.54, 1.807) is 0 Å². The highest BCUT2D eigenvalue weighted by Crippen LogP contribution is 2.15. The number of hydrogen-bond donors (Lipinski definition) is 2. The molecule has 0 aromatic carbocycles. The van der Waals surface area contributed by atoms with Crippen LogP contribution in [0.4, 0.5) is 0 Å². The van der Waals surface area contributed by atoms with Crippen molar-refractivity contribution in [2.24, 2.45) is 0 Å². The lowest BCUT2D eigenvalue weighted by Gasteiger charge is -2.20. The minimum absolute atomic E-state index is 0.0993. The van der Waals surface area contributed by atoms with Crippen molar-refractivity contribution in [1.29, 1.82) is 0 Å². The van der Waals surface area contributed by atoms with Crippen molar-refractivity contribution in [2.45, 2.75) is 19.8 Å². The molecule has 6 nitrogen and oxygen atoms in total. The molecule has 1 amide bonds. The van der Waals surface area contributed by atoms with Crippen molar-refractivity contribution in [3.05, 3.63) is 16.1 Å². The summed E-state index contributed by atoms with van der Waals surface area (Å²) in [5.41, 5.74) is 0. The number of aliphatic hydroxyl groups is 1. The van der Waals surface area contributed by atoms with Crippen LogP contribution < -0.4 is 0 Å². The molecule has 0 aliphatic heterocycles. The van der Waals surface area contributed by atoms with Crippen LogP contribution in [-0.2, 0) is 0 Å². The number of aliphatic hydroxyl groups excluding tert-OH is 1.